The Morgan fingerprint density at radius 2 is 2.04 bits per heavy atom. The molecule has 0 radical (unpaired) electrons. The molecule has 126 valence electrons. The molecule has 0 unspecified atom stereocenters. The lowest BCUT2D eigenvalue weighted by molar-refractivity contribution is 0.0201. The zero-order valence-electron chi connectivity index (χ0n) is 13.5. The predicted octanol–water partition coefficient (Wildman–Crippen LogP) is 1.84. The summed E-state index contributed by atoms with van der Waals surface area (Å²) >= 11 is 0. The Hall–Kier alpha value is -2.05. The van der Waals surface area contributed by atoms with Crippen LogP contribution in [0.4, 0.5) is 9.18 Å². The van der Waals surface area contributed by atoms with Gasteiger partial charge in [0, 0.05) is 45.7 Å². The maximum absolute atomic E-state index is 14.6. The van der Waals surface area contributed by atoms with E-state index in [0.717, 1.165) is 0 Å². The number of amides is 3. The van der Waals surface area contributed by atoms with Gasteiger partial charge in [0.05, 0.1) is 6.26 Å². The van der Waals surface area contributed by atoms with Gasteiger partial charge < -0.3 is 19.1 Å². The summed E-state index contributed by atoms with van der Waals surface area (Å²) in [5.41, 5.74) is -0.661. The largest absolute Gasteiger partial charge is 0.459 e. The van der Waals surface area contributed by atoms with Crippen molar-refractivity contribution in [3.63, 3.8) is 0 Å². The molecule has 0 aromatic carbocycles. The van der Waals surface area contributed by atoms with Crippen LogP contribution < -0.4 is 0 Å². The number of furan rings is 1. The van der Waals surface area contributed by atoms with Gasteiger partial charge in [-0.2, -0.15) is 0 Å². The molecule has 2 atom stereocenters. The molecule has 7 heteroatoms. The molecule has 3 rings (SSSR count). The summed E-state index contributed by atoms with van der Waals surface area (Å²) in [6.45, 7) is 1.59. The summed E-state index contributed by atoms with van der Waals surface area (Å²) in [5.74, 6) is 0.0598. The molecule has 0 bridgehead atoms. The third-order valence-corrected chi connectivity index (χ3v) is 4.88. The molecule has 3 amide bonds. The first-order chi connectivity index (χ1) is 10.9. The van der Waals surface area contributed by atoms with E-state index < -0.39 is 11.6 Å². The van der Waals surface area contributed by atoms with Gasteiger partial charge >= 0.3 is 6.03 Å². The van der Waals surface area contributed by atoms with E-state index in [1.807, 2.05) is 0 Å². The highest BCUT2D eigenvalue weighted by Gasteiger charge is 2.50. The van der Waals surface area contributed by atoms with Crippen molar-refractivity contribution in [3.8, 4) is 0 Å². The van der Waals surface area contributed by atoms with Gasteiger partial charge in [-0.15, -0.1) is 0 Å². The van der Waals surface area contributed by atoms with Crippen molar-refractivity contribution < 1.29 is 18.4 Å². The highest BCUT2D eigenvalue weighted by molar-refractivity contribution is 5.91. The van der Waals surface area contributed by atoms with Crippen LogP contribution >= 0.6 is 0 Å². The number of urea groups is 1. The molecule has 2 aliphatic rings. The first kappa shape index (κ1) is 15.8. The van der Waals surface area contributed by atoms with Crippen molar-refractivity contribution >= 4 is 11.9 Å². The number of carbonyl (C=O) groups is 2. The van der Waals surface area contributed by atoms with Crippen LogP contribution in [0.15, 0.2) is 22.8 Å². The monoisotopic (exact) mass is 323 g/mol. The zero-order valence-corrected chi connectivity index (χ0v) is 13.5. The SMILES string of the molecule is CN(C)C(=O)N1CC[C@H](F)[C@@]2(CCN(C(=O)c3ccco3)C2)C1. The normalized spacial score (nSPS) is 27.5. The van der Waals surface area contributed by atoms with Crippen LogP contribution in [-0.4, -0.2) is 73.1 Å². The number of nitrogens with zero attached hydrogens (tertiary/aromatic N) is 3. The van der Waals surface area contributed by atoms with Crippen LogP contribution in [0.25, 0.3) is 0 Å². The van der Waals surface area contributed by atoms with Crippen LogP contribution in [-0.2, 0) is 0 Å². The van der Waals surface area contributed by atoms with E-state index in [9.17, 15) is 14.0 Å². The summed E-state index contributed by atoms with van der Waals surface area (Å²) in [6, 6.07) is 3.17. The number of carbonyl (C=O) groups excluding carboxylic acids is 2. The first-order valence-electron chi connectivity index (χ1n) is 7.86. The van der Waals surface area contributed by atoms with E-state index in [-0.39, 0.29) is 17.7 Å². The van der Waals surface area contributed by atoms with Gasteiger partial charge in [0.25, 0.3) is 5.91 Å². The maximum atomic E-state index is 14.6. The second-order valence-corrected chi connectivity index (χ2v) is 6.67. The van der Waals surface area contributed by atoms with Gasteiger partial charge in [0.1, 0.15) is 6.17 Å². The van der Waals surface area contributed by atoms with Crippen molar-refractivity contribution in [1.29, 1.82) is 0 Å². The number of halogens is 1. The van der Waals surface area contributed by atoms with E-state index in [1.165, 1.54) is 11.2 Å². The van der Waals surface area contributed by atoms with Gasteiger partial charge in [-0.05, 0) is 25.0 Å². The summed E-state index contributed by atoms with van der Waals surface area (Å²) in [6.07, 6.45) is 1.35. The molecule has 1 spiro atoms. The number of rotatable bonds is 1. The quantitative estimate of drug-likeness (QED) is 0.792. The lowest BCUT2D eigenvalue weighted by Crippen LogP contribution is -2.55. The molecule has 1 aromatic heterocycles. The van der Waals surface area contributed by atoms with Crippen molar-refractivity contribution in [2.45, 2.75) is 19.0 Å². The number of piperidine rings is 1. The van der Waals surface area contributed by atoms with E-state index in [4.69, 9.17) is 4.42 Å². The molecule has 0 aliphatic carbocycles. The zero-order chi connectivity index (χ0) is 16.6. The average Bonchev–Trinajstić information content (AvgIpc) is 3.19. The molecule has 0 N–H and O–H groups in total. The molecule has 2 saturated heterocycles. The van der Waals surface area contributed by atoms with Gasteiger partial charge in [-0.3, -0.25) is 4.79 Å². The fourth-order valence-corrected chi connectivity index (χ4v) is 3.59. The van der Waals surface area contributed by atoms with Crippen LogP contribution in [0, 0.1) is 5.41 Å². The second kappa shape index (κ2) is 5.86. The van der Waals surface area contributed by atoms with Crippen LogP contribution in [0.2, 0.25) is 0 Å². The fraction of sp³-hybridized carbons (Fsp3) is 0.625. The molecule has 6 nitrogen and oxygen atoms in total. The Kier molecular flexibility index (Phi) is 4.04. The van der Waals surface area contributed by atoms with Crippen LogP contribution in [0.1, 0.15) is 23.4 Å². The summed E-state index contributed by atoms with van der Waals surface area (Å²) in [5, 5.41) is 0. The minimum atomic E-state index is -0.997. The lowest BCUT2D eigenvalue weighted by atomic mass is 9.77. The molecule has 0 saturated carbocycles. The van der Waals surface area contributed by atoms with Crippen LogP contribution in [0.5, 0.6) is 0 Å². The molecule has 23 heavy (non-hydrogen) atoms. The van der Waals surface area contributed by atoms with E-state index in [0.29, 0.717) is 39.0 Å². The molecular weight excluding hydrogens is 301 g/mol. The highest BCUT2D eigenvalue weighted by Crippen LogP contribution is 2.41. The summed E-state index contributed by atoms with van der Waals surface area (Å²) in [4.78, 5) is 29.4. The van der Waals surface area contributed by atoms with Gasteiger partial charge in [-0.1, -0.05) is 0 Å². The molecular formula is C16H22FN3O3. The number of hydrogen-bond acceptors (Lipinski definition) is 3. The molecule has 1 aromatic rings. The van der Waals surface area contributed by atoms with Crippen molar-refractivity contribution in [2.75, 3.05) is 40.3 Å². The van der Waals surface area contributed by atoms with Gasteiger partial charge in [0.2, 0.25) is 0 Å². The molecule has 2 aliphatic heterocycles. The molecule has 3 heterocycles. The fourth-order valence-electron chi connectivity index (χ4n) is 3.59. The summed E-state index contributed by atoms with van der Waals surface area (Å²) < 4.78 is 19.8. The van der Waals surface area contributed by atoms with Crippen molar-refractivity contribution in [1.82, 2.24) is 14.7 Å². The number of hydrogen-bond donors (Lipinski definition) is 0. The van der Waals surface area contributed by atoms with E-state index in [2.05, 4.69) is 0 Å². The predicted molar refractivity (Wildman–Crippen MR) is 81.8 cm³/mol. The summed E-state index contributed by atoms with van der Waals surface area (Å²) in [7, 11) is 3.38. The van der Waals surface area contributed by atoms with E-state index >= 15 is 0 Å². The molecule has 2 fully saturated rings. The third-order valence-electron chi connectivity index (χ3n) is 4.88. The lowest BCUT2D eigenvalue weighted by Gasteiger charge is -2.43. The minimum absolute atomic E-state index is 0.105. The number of likely N-dealkylation sites (tertiary alicyclic amines) is 2. The highest BCUT2D eigenvalue weighted by atomic mass is 19.1. The number of alkyl halides is 1. The Morgan fingerprint density at radius 3 is 2.70 bits per heavy atom. The van der Waals surface area contributed by atoms with E-state index in [1.54, 1.807) is 36.0 Å². The topological polar surface area (TPSA) is 57.0 Å². The Labute approximate surface area is 134 Å². The van der Waals surface area contributed by atoms with Crippen LogP contribution in [0.3, 0.4) is 0 Å². The smallest absolute Gasteiger partial charge is 0.319 e. The van der Waals surface area contributed by atoms with Gasteiger partial charge in [-0.25, -0.2) is 9.18 Å². The van der Waals surface area contributed by atoms with Gasteiger partial charge in [0.15, 0.2) is 5.76 Å². The van der Waals surface area contributed by atoms with Crippen molar-refractivity contribution in [3.05, 3.63) is 24.2 Å². The standard InChI is InChI=1S/C16H22FN3O3/c1-18(2)15(22)20-7-5-13(17)16(11-20)6-8-19(10-16)14(21)12-4-3-9-23-12/h3-4,9,13H,5-8,10-11H2,1-2H3/t13-,16+/m0/s1. The second-order valence-electron chi connectivity index (χ2n) is 6.67. The Morgan fingerprint density at radius 1 is 1.30 bits per heavy atom. The average molecular weight is 323 g/mol. The third kappa shape index (κ3) is 2.80. The first-order valence-corrected chi connectivity index (χ1v) is 7.86. The Bertz CT molecular complexity index is 589. The maximum Gasteiger partial charge on any atom is 0.319 e. The van der Waals surface area contributed by atoms with Crippen molar-refractivity contribution in [2.24, 2.45) is 5.41 Å². The Balaban J connectivity index is 1.73. The minimum Gasteiger partial charge on any atom is -0.459 e.